The quantitative estimate of drug-likeness (QED) is 0.423. The van der Waals surface area contributed by atoms with Gasteiger partial charge in [-0.1, -0.05) is 42.0 Å². The first-order valence-electron chi connectivity index (χ1n) is 13.7. The van der Waals surface area contributed by atoms with Gasteiger partial charge in [0.15, 0.2) is 0 Å². The minimum absolute atomic E-state index is 0.0241. The molecule has 3 aromatic rings. The normalized spacial score (nSPS) is 18.0. The van der Waals surface area contributed by atoms with Crippen molar-refractivity contribution in [3.05, 3.63) is 94.3 Å². The van der Waals surface area contributed by atoms with Gasteiger partial charge in [0.2, 0.25) is 11.8 Å². The highest BCUT2D eigenvalue weighted by Gasteiger charge is 2.44. The van der Waals surface area contributed by atoms with Crippen LogP contribution < -0.4 is 10.2 Å². The number of rotatable bonds is 8. The Kier molecular flexibility index (Phi) is 8.16. The van der Waals surface area contributed by atoms with Crippen LogP contribution in [0.15, 0.2) is 65.6 Å². The van der Waals surface area contributed by atoms with Crippen molar-refractivity contribution in [1.29, 1.82) is 0 Å². The molecule has 2 aliphatic heterocycles. The topological polar surface area (TPSA) is 113 Å². The van der Waals surface area contributed by atoms with Gasteiger partial charge in [-0.05, 0) is 74.6 Å². The molecule has 1 N–H and O–H groups in total. The number of sulfonamides is 1. The van der Waals surface area contributed by atoms with Gasteiger partial charge in [-0.25, -0.2) is 17.1 Å². The van der Waals surface area contributed by atoms with Crippen molar-refractivity contribution in [2.24, 2.45) is 0 Å². The molecule has 9 nitrogen and oxygen atoms in total. The van der Waals surface area contributed by atoms with Crippen LogP contribution in [-0.4, -0.2) is 56.2 Å². The number of hydrogen-bond acceptors (Lipinski definition) is 6. The lowest BCUT2D eigenvalue weighted by Gasteiger charge is -2.35. The van der Waals surface area contributed by atoms with Gasteiger partial charge in [0.1, 0.15) is 23.3 Å². The molecule has 0 aliphatic carbocycles. The summed E-state index contributed by atoms with van der Waals surface area (Å²) in [5, 5.41) is 2.88. The van der Waals surface area contributed by atoms with Crippen molar-refractivity contribution in [1.82, 2.24) is 9.62 Å². The van der Waals surface area contributed by atoms with Crippen molar-refractivity contribution in [2.45, 2.75) is 50.7 Å². The fourth-order valence-corrected chi connectivity index (χ4v) is 7.23. The molecular formula is C31H32FN3O6S. The Morgan fingerprint density at radius 1 is 1.07 bits per heavy atom. The minimum atomic E-state index is -4.30. The molecular weight excluding hydrogens is 561 g/mol. The SMILES string of the molecule is Cc1cc(C)c(N(C(=O)CN2C(=O)c3ccccc3S2(=O)=O)[C@H](C(=O)NC[C@@H]2CCCO2)c2ccc(F)cc2)c(C)c1. The van der Waals surface area contributed by atoms with Crippen LogP contribution >= 0.6 is 0 Å². The zero-order valence-electron chi connectivity index (χ0n) is 23.6. The summed E-state index contributed by atoms with van der Waals surface area (Å²) in [6, 6.07) is 13.4. The second-order valence-corrected chi connectivity index (χ2v) is 12.5. The van der Waals surface area contributed by atoms with Crippen molar-refractivity contribution in [3.8, 4) is 0 Å². The van der Waals surface area contributed by atoms with E-state index in [1.54, 1.807) is 19.9 Å². The van der Waals surface area contributed by atoms with Gasteiger partial charge in [-0.15, -0.1) is 0 Å². The second kappa shape index (κ2) is 11.7. The Morgan fingerprint density at radius 2 is 1.74 bits per heavy atom. The van der Waals surface area contributed by atoms with Gasteiger partial charge in [0.05, 0.1) is 17.4 Å². The number of ether oxygens (including phenoxy) is 1. The van der Waals surface area contributed by atoms with Gasteiger partial charge in [-0.3, -0.25) is 19.3 Å². The van der Waals surface area contributed by atoms with Gasteiger partial charge in [0.25, 0.3) is 15.9 Å². The predicted molar refractivity (Wildman–Crippen MR) is 154 cm³/mol. The maximum Gasteiger partial charge on any atom is 0.269 e. The lowest BCUT2D eigenvalue weighted by molar-refractivity contribution is -0.127. The van der Waals surface area contributed by atoms with Crippen LogP contribution in [0.25, 0.3) is 0 Å². The van der Waals surface area contributed by atoms with E-state index in [2.05, 4.69) is 5.32 Å². The third-order valence-corrected chi connectivity index (χ3v) is 9.34. The number of nitrogens with zero attached hydrogens (tertiary/aromatic N) is 2. The summed E-state index contributed by atoms with van der Waals surface area (Å²) in [5.74, 6) is -2.69. The van der Waals surface area contributed by atoms with E-state index in [1.165, 1.54) is 47.4 Å². The van der Waals surface area contributed by atoms with Crippen LogP contribution in [0.1, 0.15) is 51.5 Å². The molecule has 2 aliphatic rings. The second-order valence-electron chi connectivity index (χ2n) is 10.7. The Hall–Kier alpha value is -4.09. The number of nitrogens with one attached hydrogen (secondary N) is 1. The van der Waals surface area contributed by atoms with E-state index in [0.29, 0.717) is 33.3 Å². The first-order valence-corrected chi connectivity index (χ1v) is 15.1. The number of carbonyl (C=O) groups excluding carboxylic acids is 3. The zero-order chi connectivity index (χ0) is 30.2. The Bertz CT molecular complexity index is 1630. The van der Waals surface area contributed by atoms with Crippen LogP contribution in [0.5, 0.6) is 0 Å². The maximum atomic E-state index is 14.3. The maximum absolute atomic E-state index is 14.3. The molecule has 220 valence electrons. The highest BCUT2D eigenvalue weighted by Crippen LogP contribution is 2.36. The summed E-state index contributed by atoms with van der Waals surface area (Å²) < 4.78 is 46.8. The minimum Gasteiger partial charge on any atom is -0.376 e. The third kappa shape index (κ3) is 5.54. The molecule has 1 fully saturated rings. The van der Waals surface area contributed by atoms with Crippen LogP contribution in [0.3, 0.4) is 0 Å². The number of benzene rings is 3. The van der Waals surface area contributed by atoms with Gasteiger partial charge < -0.3 is 10.1 Å². The average molecular weight is 594 g/mol. The number of carbonyl (C=O) groups is 3. The average Bonchev–Trinajstić information content (AvgIpc) is 3.53. The van der Waals surface area contributed by atoms with Crippen molar-refractivity contribution in [2.75, 3.05) is 24.6 Å². The number of hydrogen-bond donors (Lipinski definition) is 1. The molecule has 42 heavy (non-hydrogen) atoms. The fourth-order valence-electron chi connectivity index (χ4n) is 5.72. The van der Waals surface area contributed by atoms with E-state index >= 15 is 0 Å². The van der Waals surface area contributed by atoms with Crippen molar-refractivity contribution >= 4 is 33.4 Å². The van der Waals surface area contributed by atoms with Gasteiger partial charge in [0, 0.05) is 13.2 Å². The summed E-state index contributed by atoms with van der Waals surface area (Å²) in [6.07, 6.45) is 1.46. The summed E-state index contributed by atoms with van der Waals surface area (Å²) in [5.41, 5.74) is 2.94. The number of halogens is 1. The van der Waals surface area contributed by atoms with E-state index in [9.17, 15) is 27.2 Å². The van der Waals surface area contributed by atoms with E-state index in [1.807, 2.05) is 19.1 Å². The van der Waals surface area contributed by atoms with E-state index in [4.69, 9.17) is 4.74 Å². The third-order valence-electron chi connectivity index (χ3n) is 7.56. The number of anilines is 1. The summed E-state index contributed by atoms with van der Waals surface area (Å²) in [6.45, 7) is 5.44. The molecule has 11 heteroatoms. The van der Waals surface area contributed by atoms with Crippen LogP contribution in [0.2, 0.25) is 0 Å². The van der Waals surface area contributed by atoms with Crippen molar-refractivity contribution < 1.29 is 31.9 Å². The predicted octanol–water partition coefficient (Wildman–Crippen LogP) is 3.97. The first kappa shape index (κ1) is 29.4. The number of fused-ring (bicyclic) bond motifs is 1. The lowest BCUT2D eigenvalue weighted by Crippen LogP contribution is -2.49. The van der Waals surface area contributed by atoms with Crippen LogP contribution in [0, 0.1) is 26.6 Å². The Labute approximate surface area is 244 Å². The molecule has 3 aromatic carbocycles. The molecule has 1 saturated heterocycles. The summed E-state index contributed by atoms with van der Waals surface area (Å²) >= 11 is 0. The van der Waals surface area contributed by atoms with E-state index in [0.717, 1.165) is 18.4 Å². The standard InChI is InChI=1S/C31H32FN3O6S/c1-19-15-20(2)28(21(3)16-19)35(27(36)18-34-31(38)25-8-4-5-9-26(25)42(34,39)40)29(22-10-12-23(32)13-11-22)30(37)33-17-24-7-6-14-41-24/h4-5,8-13,15-16,24,29H,6-7,14,17-18H2,1-3H3,(H,33,37)/t24-,29-/m0/s1. The zero-order valence-corrected chi connectivity index (χ0v) is 24.4. The van der Waals surface area contributed by atoms with Crippen LogP contribution in [-0.2, 0) is 24.3 Å². The number of aryl methyl sites for hydroxylation is 3. The monoisotopic (exact) mass is 593 g/mol. The smallest absolute Gasteiger partial charge is 0.269 e. The molecule has 2 heterocycles. The highest BCUT2D eigenvalue weighted by molar-refractivity contribution is 7.90. The van der Waals surface area contributed by atoms with Gasteiger partial charge in [-0.2, -0.15) is 0 Å². The largest absolute Gasteiger partial charge is 0.376 e. The van der Waals surface area contributed by atoms with Crippen molar-refractivity contribution in [3.63, 3.8) is 0 Å². The highest BCUT2D eigenvalue weighted by atomic mass is 32.2. The molecule has 5 rings (SSSR count). The van der Waals surface area contributed by atoms with Crippen LogP contribution in [0.4, 0.5) is 10.1 Å². The fraction of sp³-hybridized carbons (Fsp3) is 0.323. The van der Waals surface area contributed by atoms with E-state index < -0.39 is 46.1 Å². The molecule has 3 amide bonds. The summed E-state index contributed by atoms with van der Waals surface area (Å²) in [4.78, 5) is 42.5. The molecule has 0 radical (unpaired) electrons. The molecule has 0 spiro atoms. The molecule has 0 unspecified atom stereocenters. The Morgan fingerprint density at radius 3 is 2.36 bits per heavy atom. The molecule has 0 bridgehead atoms. The first-order chi connectivity index (χ1) is 20.0. The van der Waals surface area contributed by atoms with Gasteiger partial charge >= 0.3 is 0 Å². The summed E-state index contributed by atoms with van der Waals surface area (Å²) in [7, 11) is -4.30. The lowest BCUT2D eigenvalue weighted by atomic mass is 9.98. The molecule has 0 saturated carbocycles. The molecule has 0 aromatic heterocycles. The van der Waals surface area contributed by atoms with E-state index in [-0.39, 0.29) is 23.1 Å². The number of amides is 3. The Balaban J connectivity index is 1.60. The molecule has 2 atom stereocenters.